The van der Waals surface area contributed by atoms with Crippen LogP contribution >= 0.6 is 0 Å². The molecule has 0 saturated heterocycles. The van der Waals surface area contributed by atoms with E-state index in [0.29, 0.717) is 5.56 Å². The second kappa shape index (κ2) is 6.52. The van der Waals surface area contributed by atoms with E-state index in [1.165, 1.54) is 6.07 Å². The average Bonchev–Trinajstić information content (AvgIpc) is 2.53. The summed E-state index contributed by atoms with van der Waals surface area (Å²) >= 11 is 0. The van der Waals surface area contributed by atoms with E-state index >= 15 is 0 Å². The fraction of sp³-hybridized carbons (Fsp3) is 0.375. The maximum atomic E-state index is 13.9. The zero-order chi connectivity index (χ0) is 15.4. The number of rotatable bonds is 5. The van der Waals surface area contributed by atoms with Crippen LogP contribution in [0.15, 0.2) is 30.3 Å². The van der Waals surface area contributed by atoms with Gasteiger partial charge in [-0.1, -0.05) is 25.1 Å². The molecule has 0 bridgehead atoms. The molecule has 0 aliphatic heterocycles. The van der Waals surface area contributed by atoms with Gasteiger partial charge in [-0.15, -0.1) is 0 Å². The number of aryl methyl sites for hydroxylation is 1. The third-order valence-electron chi connectivity index (χ3n) is 3.63. The Balaban J connectivity index is 2.35. The number of aromatic nitrogens is 2. The third-order valence-corrected chi connectivity index (χ3v) is 3.63. The smallest absolute Gasteiger partial charge is 0.134 e. The highest BCUT2D eigenvalue weighted by atomic mass is 19.1. The van der Waals surface area contributed by atoms with Crippen LogP contribution in [0.5, 0.6) is 0 Å². The van der Waals surface area contributed by atoms with Gasteiger partial charge in [-0.2, -0.15) is 0 Å². The normalized spacial score (nSPS) is 12.0. The number of anilines is 2. The Labute approximate surface area is 125 Å². The topological polar surface area (TPSA) is 41.1 Å². The molecular weight excluding hydrogens is 267 g/mol. The van der Waals surface area contributed by atoms with Crippen molar-refractivity contribution in [1.29, 1.82) is 0 Å². The van der Waals surface area contributed by atoms with Crippen LogP contribution in [-0.2, 0) is 6.42 Å². The Kier molecular flexibility index (Phi) is 4.73. The van der Waals surface area contributed by atoms with Crippen LogP contribution < -0.4 is 10.2 Å². The molecule has 1 aromatic carbocycles. The first-order valence-electron chi connectivity index (χ1n) is 7.09. The van der Waals surface area contributed by atoms with Crippen molar-refractivity contribution in [3.63, 3.8) is 0 Å². The molecule has 0 radical (unpaired) electrons. The minimum absolute atomic E-state index is 0.115. The molecule has 1 atom stereocenters. The predicted octanol–water partition coefficient (Wildman–Crippen LogP) is 3.42. The first kappa shape index (κ1) is 15.2. The lowest BCUT2D eigenvalue weighted by Gasteiger charge is -2.27. The van der Waals surface area contributed by atoms with E-state index in [1.54, 1.807) is 12.1 Å². The van der Waals surface area contributed by atoms with Crippen molar-refractivity contribution in [3.05, 3.63) is 47.5 Å². The fourth-order valence-electron chi connectivity index (χ4n) is 2.17. The van der Waals surface area contributed by atoms with Crippen LogP contribution in [0, 0.1) is 5.82 Å². The van der Waals surface area contributed by atoms with Gasteiger partial charge in [0.2, 0.25) is 0 Å². The van der Waals surface area contributed by atoms with Crippen molar-refractivity contribution in [2.24, 2.45) is 0 Å². The van der Waals surface area contributed by atoms with E-state index in [-0.39, 0.29) is 11.9 Å². The summed E-state index contributed by atoms with van der Waals surface area (Å²) in [6.07, 6.45) is 0.754. The predicted molar refractivity (Wildman–Crippen MR) is 84.2 cm³/mol. The quantitative estimate of drug-likeness (QED) is 0.915. The molecule has 21 heavy (non-hydrogen) atoms. The Morgan fingerprint density at radius 1 is 1.29 bits per heavy atom. The fourth-order valence-corrected chi connectivity index (χ4v) is 2.17. The van der Waals surface area contributed by atoms with E-state index in [0.717, 1.165) is 23.9 Å². The molecule has 0 amide bonds. The maximum Gasteiger partial charge on any atom is 0.134 e. The number of hydrogen-bond donors (Lipinski definition) is 1. The third kappa shape index (κ3) is 3.29. The van der Waals surface area contributed by atoms with E-state index < -0.39 is 0 Å². The monoisotopic (exact) mass is 288 g/mol. The lowest BCUT2D eigenvalue weighted by atomic mass is 10.1. The van der Waals surface area contributed by atoms with Gasteiger partial charge in [-0.05, 0) is 13.0 Å². The molecule has 0 aliphatic carbocycles. The van der Waals surface area contributed by atoms with Gasteiger partial charge in [-0.3, -0.25) is 0 Å². The Morgan fingerprint density at radius 2 is 2.00 bits per heavy atom. The lowest BCUT2D eigenvalue weighted by molar-refractivity contribution is 0.583. The Hall–Kier alpha value is -2.17. The zero-order valence-electron chi connectivity index (χ0n) is 12.9. The molecule has 2 rings (SSSR count). The Morgan fingerprint density at radius 3 is 2.62 bits per heavy atom. The molecule has 1 unspecified atom stereocenters. The summed E-state index contributed by atoms with van der Waals surface area (Å²) in [6.45, 7) is 3.98. The molecule has 1 N–H and O–H groups in total. The maximum absolute atomic E-state index is 13.9. The summed E-state index contributed by atoms with van der Waals surface area (Å²) in [6, 6.07) is 8.59. The van der Waals surface area contributed by atoms with Crippen molar-refractivity contribution in [2.45, 2.75) is 26.3 Å². The summed E-state index contributed by atoms with van der Waals surface area (Å²) in [7, 11) is 3.74. The van der Waals surface area contributed by atoms with Crippen molar-refractivity contribution in [2.75, 3.05) is 24.3 Å². The number of hydrogen-bond acceptors (Lipinski definition) is 4. The zero-order valence-corrected chi connectivity index (χ0v) is 12.9. The van der Waals surface area contributed by atoms with Crippen molar-refractivity contribution in [1.82, 2.24) is 9.97 Å². The molecule has 4 nitrogen and oxygen atoms in total. The van der Waals surface area contributed by atoms with Crippen LogP contribution in [0.1, 0.15) is 31.3 Å². The Bertz CT molecular complexity index is 593. The SMILES string of the molecule is CCc1nc(NC)cc(N(C)C(C)c2ccccc2F)n1. The molecular formula is C16H21FN4. The molecule has 0 fully saturated rings. The van der Waals surface area contributed by atoms with Crippen molar-refractivity contribution < 1.29 is 4.39 Å². The van der Waals surface area contributed by atoms with Crippen molar-refractivity contribution in [3.8, 4) is 0 Å². The van der Waals surface area contributed by atoms with Gasteiger partial charge < -0.3 is 10.2 Å². The number of nitrogens with zero attached hydrogens (tertiary/aromatic N) is 3. The van der Waals surface area contributed by atoms with E-state index in [1.807, 2.05) is 45.0 Å². The van der Waals surface area contributed by atoms with E-state index in [9.17, 15) is 4.39 Å². The van der Waals surface area contributed by atoms with Crippen LogP contribution in [-0.4, -0.2) is 24.1 Å². The molecule has 2 aromatic rings. The van der Waals surface area contributed by atoms with E-state index in [2.05, 4.69) is 15.3 Å². The molecule has 5 heteroatoms. The van der Waals surface area contributed by atoms with Gasteiger partial charge in [0.1, 0.15) is 23.3 Å². The molecule has 112 valence electrons. The molecule has 1 heterocycles. The average molecular weight is 288 g/mol. The second-order valence-electron chi connectivity index (χ2n) is 4.94. The summed E-state index contributed by atoms with van der Waals surface area (Å²) in [4.78, 5) is 10.9. The van der Waals surface area contributed by atoms with Crippen molar-refractivity contribution >= 4 is 11.6 Å². The number of nitrogens with one attached hydrogen (secondary N) is 1. The molecule has 0 spiro atoms. The van der Waals surface area contributed by atoms with Gasteiger partial charge in [-0.25, -0.2) is 14.4 Å². The summed E-state index contributed by atoms with van der Waals surface area (Å²) in [5.74, 6) is 2.12. The summed E-state index contributed by atoms with van der Waals surface area (Å²) < 4.78 is 13.9. The molecule has 0 saturated carbocycles. The summed E-state index contributed by atoms with van der Waals surface area (Å²) in [5, 5.41) is 3.04. The lowest BCUT2D eigenvalue weighted by Crippen LogP contribution is -2.24. The van der Waals surface area contributed by atoms with Gasteiger partial charge in [0.25, 0.3) is 0 Å². The highest BCUT2D eigenvalue weighted by molar-refractivity contribution is 5.50. The van der Waals surface area contributed by atoms with Gasteiger partial charge in [0, 0.05) is 32.1 Å². The molecule has 0 aliphatic rings. The highest BCUT2D eigenvalue weighted by Gasteiger charge is 2.17. The first-order valence-corrected chi connectivity index (χ1v) is 7.09. The minimum Gasteiger partial charge on any atom is -0.373 e. The van der Waals surface area contributed by atoms with Crippen LogP contribution in [0.3, 0.4) is 0 Å². The number of benzene rings is 1. The standard InChI is InChI=1S/C16H21FN4/c1-5-14-19-15(18-3)10-16(20-14)21(4)11(2)12-8-6-7-9-13(12)17/h6-11H,5H2,1-4H3,(H,18,19,20). The molecule has 1 aromatic heterocycles. The van der Waals surface area contributed by atoms with Crippen LogP contribution in [0.4, 0.5) is 16.0 Å². The highest BCUT2D eigenvalue weighted by Crippen LogP contribution is 2.26. The number of halogens is 1. The second-order valence-corrected chi connectivity index (χ2v) is 4.94. The van der Waals surface area contributed by atoms with Crippen LogP contribution in [0.2, 0.25) is 0 Å². The van der Waals surface area contributed by atoms with Gasteiger partial charge in [0.05, 0.1) is 6.04 Å². The van der Waals surface area contributed by atoms with Gasteiger partial charge >= 0.3 is 0 Å². The summed E-state index contributed by atoms with van der Waals surface area (Å²) in [5.41, 5.74) is 0.655. The van der Waals surface area contributed by atoms with Gasteiger partial charge in [0.15, 0.2) is 0 Å². The minimum atomic E-state index is -0.199. The first-order chi connectivity index (χ1) is 10.1. The largest absolute Gasteiger partial charge is 0.373 e. The van der Waals surface area contributed by atoms with E-state index in [4.69, 9.17) is 0 Å². The van der Waals surface area contributed by atoms with Crippen LogP contribution in [0.25, 0.3) is 0 Å².